The first kappa shape index (κ1) is 12.4. The molecule has 0 fully saturated rings. The van der Waals surface area contributed by atoms with Crippen molar-refractivity contribution < 1.29 is 9.90 Å². The fourth-order valence-electron chi connectivity index (χ4n) is 2.38. The predicted molar refractivity (Wildman–Crippen MR) is 78.0 cm³/mol. The van der Waals surface area contributed by atoms with Crippen molar-refractivity contribution in [2.75, 3.05) is 0 Å². The number of aryl methyl sites for hydroxylation is 2. The molecule has 0 aliphatic rings. The van der Waals surface area contributed by atoms with Crippen LogP contribution in [0.2, 0.25) is 0 Å². The van der Waals surface area contributed by atoms with Gasteiger partial charge in [-0.2, -0.15) is 0 Å². The summed E-state index contributed by atoms with van der Waals surface area (Å²) in [5, 5.41) is 8.90. The van der Waals surface area contributed by atoms with Crippen LogP contribution in [0, 0.1) is 13.8 Å². The average Bonchev–Trinajstić information content (AvgIpc) is 2.83. The Bertz CT molecular complexity index is 801. The third kappa shape index (κ3) is 2.05. The molecule has 3 rings (SSSR count). The van der Waals surface area contributed by atoms with Gasteiger partial charge in [0.15, 0.2) is 0 Å². The van der Waals surface area contributed by atoms with Gasteiger partial charge in [0.05, 0.1) is 16.6 Å². The number of carbonyl (C=O) groups is 1. The molecule has 2 N–H and O–H groups in total. The Hall–Kier alpha value is -2.62. The number of nitrogens with zero attached hydrogens (tertiary/aromatic N) is 1. The molecule has 20 heavy (non-hydrogen) atoms. The molecule has 0 saturated heterocycles. The van der Waals surface area contributed by atoms with E-state index in [9.17, 15) is 4.79 Å². The van der Waals surface area contributed by atoms with E-state index in [1.807, 2.05) is 6.92 Å². The molecule has 3 aromatic rings. The molecule has 0 aliphatic heterocycles. The monoisotopic (exact) mass is 266 g/mol. The van der Waals surface area contributed by atoms with Gasteiger partial charge in [0.25, 0.3) is 0 Å². The van der Waals surface area contributed by atoms with E-state index in [0.717, 1.165) is 28.0 Å². The predicted octanol–water partition coefficient (Wildman–Crippen LogP) is 3.54. The Morgan fingerprint density at radius 1 is 1.15 bits per heavy atom. The van der Waals surface area contributed by atoms with Crippen molar-refractivity contribution in [3.05, 3.63) is 53.1 Å². The largest absolute Gasteiger partial charge is 0.478 e. The van der Waals surface area contributed by atoms with Gasteiger partial charge in [0.2, 0.25) is 0 Å². The minimum Gasteiger partial charge on any atom is -0.478 e. The second kappa shape index (κ2) is 4.49. The van der Waals surface area contributed by atoms with Gasteiger partial charge in [-0.05, 0) is 43.2 Å². The van der Waals surface area contributed by atoms with Gasteiger partial charge < -0.3 is 10.1 Å². The summed E-state index contributed by atoms with van der Waals surface area (Å²) >= 11 is 0. The van der Waals surface area contributed by atoms with Crippen LogP contribution in [0.15, 0.2) is 36.4 Å². The number of imidazole rings is 1. The molecule has 0 amide bonds. The van der Waals surface area contributed by atoms with Gasteiger partial charge in [-0.1, -0.05) is 18.2 Å². The van der Waals surface area contributed by atoms with E-state index in [0.29, 0.717) is 0 Å². The lowest BCUT2D eigenvalue weighted by atomic mass is 10.1. The van der Waals surface area contributed by atoms with Gasteiger partial charge in [-0.15, -0.1) is 0 Å². The number of hydrogen-bond donors (Lipinski definition) is 2. The number of H-pyrrole nitrogens is 1. The Morgan fingerprint density at radius 2 is 1.85 bits per heavy atom. The van der Waals surface area contributed by atoms with Crippen molar-refractivity contribution in [3.63, 3.8) is 0 Å². The number of aromatic amines is 1. The van der Waals surface area contributed by atoms with Crippen molar-refractivity contribution in [3.8, 4) is 11.4 Å². The SMILES string of the molecule is Cc1cc(C)c2nc(-c3ccc(C(=O)O)cc3)[nH]c2c1. The van der Waals surface area contributed by atoms with Crippen LogP contribution in [-0.4, -0.2) is 21.0 Å². The summed E-state index contributed by atoms with van der Waals surface area (Å²) in [7, 11) is 0. The molecule has 0 atom stereocenters. The second-order valence-corrected chi connectivity index (χ2v) is 4.95. The van der Waals surface area contributed by atoms with Crippen LogP contribution in [0.5, 0.6) is 0 Å². The van der Waals surface area contributed by atoms with Crippen molar-refractivity contribution in [1.82, 2.24) is 9.97 Å². The summed E-state index contributed by atoms with van der Waals surface area (Å²) in [6.45, 7) is 4.09. The molecule has 0 bridgehead atoms. The van der Waals surface area contributed by atoms with Crippen LogP contribution >= 0.6 is 0 Å². The molecule has 4 heteroatoms. The molecule has 0 radical (unpaired) electrons. The van der Waals surface area contributed by atoms with Gasteiger partial charge in [-0.3, -0.25) is 0 Å². The lowest BCUT2D eigenvalue weighted by Crippen LogP contribution is -1.95. The number of benzene rings is 2. The molecule has 0 aliphatic carbocycles. The topological polar surface area (TPSA) is 66.0 Å². The highest BCUT2D eigenvalue weighted by Crippen LogP contribution is 2.24. The van der Waals surface area contributed by atoms with Crippen molar-refractivity contribution >= 4 is 17.0 Å². The molecule has 0 spiro atoms. The number of nitrogens with one attached hydrogen (secondary N) is 1. The fraction of sp³-hybridized carbons (Fsp3) is 0.125. The van der Waals surface area contributed by atoms with Crippen LogP contribution in [-0.2, 0) is 0 Å². The van der Waals surface area contributed by atoms with E-state index >= 15 is 0 Å². The zero-order chi connectivity index (χ0) is 14.3. The zero-order valence-corrected chi connectivity index (χ0v) is 11.3. The summed E-state index contributed by atoms with van der Waals surface area (Å²) < 4.78 is 0. The summed E-state index contributed by atoms with van der Waals surface area (Å²) in [5.74, 6) is -0.168. The Labute approximate surface area is 116 Å². The minimum absolute atomic E-state index is 0.275. The average molecular weight is 266 g/mol. The third-order valence-corrected chi connectivity index (χ3v) is 3.33. The number of aromatic nitrogens is 2. The number of fused-ring (bicyclic) bond motifs is 1. The molecular weight excluding hydrogens is 252 g/mol. The molecule has 0 unspecified atom stereocenters. The highest BCUT2D eigenvalue weighted by atomic mass is 16.4. The highest BCUT2D eigenvalue weighted by molar-refractivity contribution is 5.88. The highest BCUT2D eigenvalue weighted by Gasteiger charge is 2.09. The lowest BCUT2D eigenvalue weighted by Gasteiger charge is -1.97. The fourth-order valence-corrected chi connectivity index (χ4v) is 2.38. The van der Waals surface area contributed by atoms with E-state index in [2.05, 4.69) is 29.0 Å². The molecule has 0 saturated carbocycles. The standard InChI is InChI=1S/C16H14N2O2/c1-9-7-10(2)14-13(8-9)17-15(18-14)11-3-5-12(6-4-11)16(19)20/h3-8H,1-2H3,(H,17,18)(H,19,20). The maximum absolute atomic E-state index is 10.8. The smallest absolute Gasteiger partial charge is 0.335 e. The van der Waals surface area contributed by atoms with Crippen LogP contribution in [0.3, 0.4) is 0 Å². The molecule has 2 aromatic carbocycles. The van der Waals surface area contributed by atoms with Gasteiger partial charge in [0.1, 0.15) is 5.82 Å². The van der Waals surface area contributed by atoms with E-state index in [1.165, 1.54) is 5.56 Å². The first-order valence-corrected chi connectivity index (χ1v) is 6.35. The molecule has 4 nitrogen and oxygen atoms in total. The van der Waals surface area contributed by atoms with Gasteiger partial charge in [-0.25, -0.2) is 9.78 Å². The second-order valence-electron chi connectivity index (χ2n) is 4.95. The van der Waals surface area contributed by atoms with Crippen molar-refractivity contribution in [2.24, 2.45) is 0 Å². The van der Waals surface area contributed by atoms with Crippen molar-refractivity contribution in [1.29, 1.82) is 0 Å². The van der Waals surface area contributed by atoms with Gasteiger partial charge in [0, 0.05) is 5.56 Å². The van der Waals surface area contributed by atoms with E-state index in [1.54, 1.807) is 24.3 Å². The summed E-state index contributed by atoms with van der Waals surface area (Å²) in [4.78, 5) is 18.7. The molecule has 1 aromatic heterocycles. The first-order valence-electron chi connectivity index (χ1n) is 6.35. The van der Waals surface area contributed by atoms with Crippen LogP contribution in [0.25, 0.3) is 22.4 Å². The number of carboxylic acid groups (broad SMARTS) is 1. The maximum atomic E-state index is 10.8. The maximum Gasteiger partial charge on any atom is 0.335 e. The number of carboxylic acids is 1. The number of aromatic carboxylic acids is 1. The van der Waals surface area contributed by atoms with E-state index < -0.39 is 5.97 Å². The Morgan fingerprint density at radius 3 is 2.50 bits per heavy atom. The quantitative estimate of drug-likeness (QED) is 0.745. The third-order valence-electron chi connectivity index (χ3n) is 3.33. The normalized spacial score (nSPS) is 10.9. The van der Waals surface area contributed by atoms with Crippen molar-refractivity contribution in [2.45, 2.75) is 13.8 Å². The van der Waals surface area contributed by atoms with E-state index in [4.69, 9.17) is 5.11 Å². The molecule has 100 valence electrons. The lowest BCUT2D eigenvalue weighted by molar-refractivity contribution is 0.0697. The number of hydrogen-bond acceptors (Lipinski definition) is 2. The molecule has 1 heterocycles. The van der Waals surface area contributed by atoms with Gasteiger partial charge >= 0.3 is 5.97 Å². The minimum atomic E-state index is -0.923. The zero-order valence-electron chi connectivity index (χ0n) is 11.3. The first-order chi connectivity index (χ1) is 9.54. The number of rotatable bonds is 2. The Balaban J connectivity index is 2.10. The van der Waals surface area contributed by atoms with E-state index in [-0.39, 0.29) is 5.56 Å². The Kier molecular flexibility index (Phi) is 2.79. The molecular formula is C16H14N2O2. The summed E-state index contributed by atoms with van der Waals surface area (Å²) in [6, 6.07) is 10.9. The van der Waals surface area contributed by atoms with Crippen LogP contribution in [0.4, 0.5) is 0 Å². The van der Waals surface area contributed by atoms with Crippen LogP contribution in [0.1, 0.15) is 21.5 Å². The van der Waals surface area contributed by atoms with Crippen LogP contribution < -0.4 is 0 Å². The summed E-state index contributed by atoms with van der Waals surface area (Å²) in [5.41, 5.74) is 5.42. The summed E-state index contributed by atoms with van der Waals surface area (Å²) in [6.07, 6.45) is 0.